The minimum absolute atomic E-state index is 0.0599. The lowest BCUT2D eigenvalue weighted by atomic mass is 9.77. The molecule has 4 heterocycles. The zero-order valence-corrected chi connectivity index (χ0v) is 24.8. The van der Waals surface area contributed by atoms with Crippen LogP contribution in [0.4, 0.5) is 5.82 Å². The number of carbonyl (C=O) groups excluding carboxylic acids is 1. The first-order valence-electron chi connectivity index (χ1n) is 13.5. The number of nitrogens with one attached hydrogen (secondary N) is 1. The van der Waals surface area contributed by atoms with Crippen molar-refractivity contribution in [3.05, 3.63) is 51.4 Å². The second-order valence-corrected chi connectivity index (χ2v) is 14.0. The van der Waals surface area contributed by atoms with Gasteiger partial charge in [0.05, 0.1) is 16.3 Å². The lowest BCUT2D eigenvalue weighted by Crippen LogP contribution is -2.51. The van der Waals surface area contributed by atoms with Crippen LogP contribution < -0.4 is 5.32 Å². The van der Waals surface area contributed by atoms with Crippen LogP contribution in [0.1, 0.15) is 53.7 Å². The summed E-state index contributed by atoms with van der Waals surface area (Å²) in [5, 5.41) is 4.29. The average molecular weight is 596 g/mol. The monoisotopic (exact) mass is 594 g/mol. The first-order valence-corrected chi connectivity index (χ1v) is 16.1. The van der Waals surface area contributed by atoms with Gasteiger partial charge in [-0.1, -0.05) is 29.3 Å². The zero-order valence-electron chi connectivity index (χ0n) is 22.5. The van der Waals surface area contributed by atoms with Crippen LogP contribution in [-0.4, -0.2) is 90.0 Å². The second kappa shape index (κ2) is 11.5. The van der Waals surface area contributed by atoms with Crippen LogP contribution in [0.15, 0.2) is 24.5 Å². The van der Waals surface area contributed by atoms with Crippen molar-refractivity contribution in [2.24, 2.45) is 5.41 Å². The lowest BCUT2D eigenvalue weighted by molar-refractivity contribution is 0.0417. The minimum atomic E-state index is -3.11. The van der Waals surface area contributed by atoms with Crippen molar-refractivity contribution in [1.29, 1.82) is 0 Å². The Kier molecular flexibility index (Phi) is 8.41. The van der Waals surface area contributed by atoms with E-state index < -0.39 is 10.0 Å². The molecule has 39 heavy (non-hydrogen) atoms. The molecule has 1 spiro atoms. The summed E-state index contributed by atoms with van der Waals surface area (Å²) in [5.74, 6) is 0.563. The predicted octanol–water partition coefficient (Wildman–Crippen LogP) is 4.06. The smallest absolute Gasteiger partial charge is 0.272 e. The first kappa shape index (κ1) is 28.5. The number of amides is 1. The highest BCUT2D eigenvalue weighted by Crippen LogP contribution is 2.42. The fourth-order valence-electron chi connectivity index (χ4n) is 6.21. The van der Waals surface area contributed by atoms with Crippen LogP contribution in [-0.2, 0) is 16.6 Å². The Labute approximate surface area is 240 Å². The number of nitrogens with zero attached hydrogens (tertiary/aromatic N) is 5. The second-order valence-electron chi connectivity index (χ2n) is 11.2. The third-order valence-electron chi connectivity index (χ3n) is 8.73. The fraction of sp³-hybridized carbons (Fsp3) is 0.593. The molecule has 0 saturated carbocycles. The van der Waals surface area contributed by atoms with E-state index in [4.69, 9.17) is 23.2 Å². The standard InChI is InChI=1S/C27H36Cl2N6O3S/c1-19-24(31-18-32-25(19)30-16-20-3-4-22(28)23(29)15-20)26(36)34-10-5-21(6-11-34)33-12-7-27(8-13-33)9-14-35(17-27)39(2,37)38/h3-4,15,18,21H,5-14,16-17H2,1-2H3,(H,30,31,32). The Morgan fingerprint density at radius 3 is 2.38 bits per heavy atom. The van der Waals surface area contributed by atoms with Crippen molar-refractivity contribution in [2.75, 3.05) is 50.8 Å². The summed E-state index contributed by atoms with van der Waals surface area (Å²) >= 11 is 12.1. The van der Waals surface area contributed by atoms with Gasteiger partial charge in [0.15, 0.2) is 0 Å². The molecule has 3 aliphatic heterocycles. The van der Waals surface area contributed by atoms with Gasteiger partial charge in [-0.15, -0.1) is 0 Å². The number of sulfonamides is 1. The molecule has 0 radical (unpaired) electrons. The van der Waals surface area contributed by atoms with Crippen LogP contribution in [0.25, 0.3) is 0 Å². The van der Waals surface area contributed by atoms with Gasteiger partial charge in [0, 0.05) is 44.3 Å². The normalized spacial score (nSPS) is 21.0. The predicted molar refractivity (Wildman–Crippen MR) is 154 cm³/mol. The van der Waals surface area contributed by atoms with Gasteiger partial charge in [-0.05, 0) is 75.2 Å². The number of carbonyl (C=O) groups is 1. The number of piperidine rings is 2. The SMILES string of the molecule is Cc1c(NCc2ccc(Cl)c(Cl)c2)ncnc1C(=O)N1CCC(N2CCC3(CC2)CCN(S(C)(=O)=O)C3)CC1. The summed E-state index contributed by atoms with van der Waals surface area (Å²) in [4.78, 5) is 26.5. The third kappa shape index (κ3) is 6.35. The fourth-order valence-corrected chi connectivity index (χ4v) is 7.46. The molecule has 0 aliphatic carbocycles. The molecule has 1 N–H and O–H groups in total. The average Bonchev–Trinajstić information content (AvgIpc) is 3.34. The molecule has 3 saturated heterocycles. The molecule has 0 atom stereocenters. The molecule has 0 unspecified atom stereocenters. The maximum Gasteiger partial charge on any atom is 0.272 e. The molecule has 1 aromatic heterocycles. The number of likely N-dealkylation sites (tertiary alicyclic amines) is 2. The summed E-state index contributed by atoms with van der Waals surface area (Å²) in [6.45, 7) is 7.06. The van der Waals surface area contributed by atoms with Crippen LogP contribution in [0.3, 0.4) is 0 Å². The van der Waals surface area contributed by atoms with E-state index in [-0.39, 0.29) is 11.3 Å². The Balaban J connectivity index is 1.13. The van der Waals surface area contributed by atoms with Crippen LogP contribution in [0.2, 0.25) is 10.0 Å². The van der Waals surface area contributed by atoms with Gasteiger partial charge in [-0.3, -0.25) is 4.79 Å². The summed E-state index contributed by atoms with van der Waals surface area (Å²) in [5.41, 5.74) is 2.25. The molecule has 1 amide bonds. The van der Waals surface area contributed by atoms with Gasteiger partial charge >= 0.3 is 0 Å². The molecule has 1 aromatic carbocycles. The highest BCUT2D eigenvalue weighted by molar-refractivity contribution is 7.88. The quantitative estimate of drug-likeness (QED) is 0.538. The Morgan fingerprint density at radius 2 is 1.74 bits per heavy atom. The highest BCUT2D eigenvalue weighted by Gasteiger charge is 2.44. The molecular weight excluding hydrogens is 559 g/mol. The molecule has 3 fully saturated rings. The van der Waals surface area contributed by atoms with E-state index in [1.807, 2.05) is 24.0 Å². The van der Waals surface area contributed by atoms with Gasteiger partial charge in [0.2, 0.25) is 10.0 Å². The summed E-state index contributed by atoms with van der Waals surface area (Å²) in [6.07, 6.45) is 7.65. The summed E-state index contributed by atoms with van der Waals surface area (Å²) in [7, 11) is -3.11. The van der Waals surface area contributed by atoms with E-state index in [9.17, 15) is 13.2 Å². The number of anilines is 1. The lowest BCUT2D eigenvalue weighted by Gasteiger charge is -2.45. The van der Waals surface area contributed by atoms with Crippen LogP contribution >= 0.6 is 23.2 Å². The van der Waals surface area contributed by atoms with E-state index in [2.05, 4.69) is 20.2 Å². The molecule has 12 heteroatoms. The van der Waals surface area contributed by atoms with E-state index in [0.717, 1.165) is 56.3 Å². The maximum atomic E-state index is 13.4. The van der Waals surface area contributed by atoms with Gasteiger partial charge in [0.25, 0.3) is 5.91 Å². The third-order valence-corrected chi connectivity index (χ3v) is 10.7. The summed E-state index contributed by atoms with van der Waals surface area (Å²) < 4.78 is 25.6. The highest BCUT2D eigenvalue weighted by atomic mass is 35.5. The number of benzene rings is 1. The topological polar surface area (TPSA) is 98.7 Å². The van der Waals surface area contributed by atoms with E-state index in [0.29, 0.717) is 60.3 Å². The Hall–Kier alpha value is -1.98. The molecule has 9 nitrogen and oxygen atoms in total. The van der Waals surface area contributed by atoms with Crippen molar-refractivity contribution in [3.63, 3.8) is 0 Å². The van der Waals surface area contributed by atoms with Crippen molar-refractivity contribution >= 4 is 45.0 Å². The van der Waals surface area contributed by atoms with Gasteiger partial charge < -0.3 is 15.1 Å². The Bertz CT molecular complexity index is 1320. The molecule has 5 rings (SSSR count). The van der Waals surface area contributed by atoms with Crippen LogP contribution in [0, 0.1) is 12.3 Å². The van der Waals surface area contributed by atoms with Crippen LogP contribution in [0.5, 0.6) is 0 Å². The first-order chi connectivity index (χ1) is 18.5. The van der Waals surface area contributed by atoms with Crippen molar-refractivity contribution < 1.29 is 13.2 Å². The van der Waals surface area contributed by atoms with Gasteiger partial charge in [-0.25, -0.2) is 22.7 Å². The Morgan fingerprint density at radius 1 is 1.05 bits per heavy atom. The van der Waals surface area contributed by atoms with E-state index in [1.165, 1.54) is 12.6 Å². The van der Waals surface area contributed by atoms with E-state index >= 15 is 0 Å². The zero-order chi connectivity index (χ0) is 27.8. The molecule has 3 aliphatic rings. The number of halogens is 2. The minimum Gasteiger partial charge on any atom is -0.366 e. The van der Waals surface area contributed by atoms with Crippen molar-refractivity contribution in [3.8, 4) is 0 Å². The molecule has 0 bridgehead atoms. The molecule has 2 aromatic rings. The largest absolute Gasteiger partial charge is 0.366 e. The summed E-state index contributed by atoms with van der Waals surface area (Å²) in [6, 6.07) is 5.92. The maximum absolute atomic E-state index is 13.4. The molecular formula is C27H36Cl2N6O3S. The molecule has 212 valence electrons. The van der Waals surface area contributed by atoms with Crippen molar-refractivity contribution in [1.82, 2.24) is 24.1 Å². The van der Waals surface area contributed by atoms with Gasteiger partial charge in [0.1, 0.15) is 17.8 Å². The number of hydrogen-bond acceptors (Lipinski definition) is 7. The number of hydrogen-bond donors (Lipinski definition) is 1. The van der Waals surface area contributed by atoms with Crippen molar-refractivity contribution in [2.45, 2.75) is 51.6 Å². The van der Waals surface area contributed by atoms with E-state index in [1.54, 1.807) is 10.4 Å². The number of rotatable bonds is 6. The number of aromatic nitrogens is 2. The van der Waals surface area contributed by atoms with Gasteiger partial charge in [-0.2, -0.15) is 0 Å².